The highest BCUT2D eigenvalue weighted by Crippen LogP contribution is 2.04. The van der Waals surface area contributed by atoms with Crippen LogP contribution in [-0.4, -0.2) is 10.9 Å². The summed E-state index contributed by atoms with van der Waals surface area (Å²) in [7, 11) is 0. The quantitative estimate of drug-likeness (QED) is 0.894. The summed E-state index contributed by atoms with van der Waals surface area (Å²) in [4.78, 5) is 15.5. The lowest BCUT2D eigenvalue weighted by Gasteiger charge is -2.05. The van der Waals surface area contributed by atoms with E-state index in [1.807, 2.05) is 12.1 Å². The standard InChI is InChI=1S/C14H13FN2O/c15-13-3-1-2-12(8-13)9-14(18)17-10-11-4-6-16-7-5-11/h1-8H,9-10H2,(H,17,18). The molecule has 2 rings (SSSR count). The van der Waals surface area contributed by atoms with Gasteiger partial charge in [0.05, 0.1) is 6.42 Å². The molecule has 1 amide bonds. The Morgan fingerprint density at radius 2 is 1.94 bits per heavy atom. The summed E-state index contributed by atoms with van der Waals surface area (Å²) in [5.74, 6) is -0.452. The molecule has 1 aromatic heterocycles. The third-order valence-electron chi connectivity index (χ3n) is 2.49. The number of amides is 1. The number of rotatable bonds is 4. The van der Waals surface area contributed by atoms with E-state index in [0.717, 1.165) is 5.56 Å². The Morgan fingerprint density at radius 1 is 1.17 bits per heavy atom. The highest BCUT2D eigenvalue weighted by atomic mass is 19.1. The van der Waals surface area contributed by atoms with Crippen LogP contribution in [0.25, 0.3) is 0 Å². The number of benzene rings is 1. The predicted octanol–water partition coefficient (Wildman–Crippen LogP) is 2.08. The van der Waals surface area contributed by atoms with Crippen LogP contribution >= 0.6 is 0 Å². The fraction of sp³-hybridized carbons (Fsp3) is 0.143. The van der Waals surface area contributed by atoms with Crippen LogP contribution in [0.4, 0.5) is 4.39 Å². The number of hydrogen-bond acceptors (Lipinski definition) is 2. The molecule has 0 spiro atoms. The highest BCUT2D eigenvalue weighted by molar-refractivity contribution is 5.78. The Labute approximate surface area is 105 Å². The van der Waals surface area contributed by atoms with Crippen LogP contribution in [0.1, 0.15) is 11.1 Å². The maximum Gasteiger partial charge on any atom is 0.224 e. The minimum absolute atomic E-state index is 0.127. The van der Waals surface area contributed by atoms with Crippen molar-refractivity contribution in [2.75, 3.05) is 0 Å². The van der Waals surface area contributed by atoms with Gasteiger partial charge in [0.1, 0.15) is 5.82 Å². The first-order valence-electron chi connectivity index (χ1n) is 5.64. The third-order valence-corrected chi connectivity index (χ3v) is 2.49. The second-order valence-corrected chi connectivity index (χ2v) is 3.94. The SMILES string of the molecule is O=C(Cc1cccc(F)c1)NCc1ccncc1. The van der Waals surface area contributed by atoms with Crippen molar-refractivity contribution in [1.82, 2.24) is 10.3 Å². The Bertz CT molecular complexity index is 528. The summed E-state index contributed by atoms with van der Waals surface area (Å²) in [5, 5.41) is 2.78. The summed E-state index contributed by atoms with van der Waals surface area (Å²) < 4.78 is 12.9. The van der Waals surface area contributed by atoms with Crippen molar-refractivity contribution in [1.29, 1.82) is 0 Å². The number of nitrogens with one attached hydrogen (secondary N) is 1. The van der Waals surface area contributed by atoms with Crippen molar-refractivity contribution >= 4 is 5.91 Å². The van der Waals surface area contributed by atoms with Gasteiger partial charge in [-0.1, -0.05) is 12.1 Å². The van der Waals surface area contributed by atoms with Crippen molar-refractivity contribution < 1.29 is 9.18 Å². The molecule has 0 saturated heterocycles. The molecule has 0 aliphatic rings. The minimum Gasteiger partial charge on any atom is -0.352 e. The first-order chi connectivity index (χ1) is 8.74. The van der Waals surface area contributed by atoms with Crippen LogP contribution in [-0.2, 0) is 17.8 Å². The second kappa shape index (κ2) is 5.91. The lowest BCUT2D eigenvalue weighted by atomic mass is 10.1. The average molecular weight is 244 g/mol. The molecule has 0 saturated carbocycles. The lowest BCUT2D eigenvalue weighted by molar-refractivity contribution is -0.120. The number of carbonyl (C=O) groups excluding carboxylic acids is 1. The van der Waals surface area contributed by atoms with Crippen molar-refractivity contribution in [3.63, 3.8) is 0 Å². The Balaban J connectivity index is 1.86. The van der Waals surface area contributed by atoms with Gasteiger partial charge in [-0.25, -0.2) is 4.39 Å². The summed E-state index contributed by atoms with van der Waals surface area (Å²) in [6.07, 6.45) is 3.53. The van der Waals surface area contributed by atoms with Crippen molar-refractivity contribution in [3.05, 3.63) is 65.7 Å². The van der Waals surface area contributed by atoms with Gasteiger partial charge in [-0.3, -0.25) is 9.78 Å². The van der Waals surface area contributed by atoms with E-state index < -0.39 is 0 Å². The summed E-state index contributed by atoms with van der Waals surface area (Å²) in [5.41, 5.74) is 1.65. The van der Waals surface area contributed by atoms with E-state index in [2.05, 4.69) is 10.3 Å². The normalized spacial score (nSPS) is 10.1. The predicted molar refractivity (Wildman–Crippen MR) is 66.2 cm³/mol. The molecule has 4 heteroatoms. The number of aromatic nitrogens is 1. The Morgan fingerprint density at radius 3 is 2.67 bits per heavy atom. The number of nitrogens with zero attached hydrogens (tertiary/aromatic N) is 1. The van der Waals surface area contributed by atoms with Gasteiger partial charge < -0.3 is 5.32 Å². The molecule has 18 heavy (non-hydrogen) atoms. The molecule has 2 aromatic rings. The molecular formula is C14H13FN2O. The molecule has 0 radical (unpaired) electrons. The maximum atomic E-state index is 12.9. The molecule has 0 atom stereocenters. The number of carbonyl (C=O) groups is 1. The van der Waals surface area contributed by atoms with Crippen LogP contribution in [0.15, 0.2) is 48.8 Å². The third kappa shape index (κ3) is 3.66. The van der Waals surface area contributed by atoms with Gasteiger partial charge in [0, 0.05) is 18.9 Å². The highest BCUT2D eigenvalue weighted by Gasteiger charge is 2.03. The van der Waals surface area contributed by atoms with Gasteiger partial charge in [0.25, 0.3) is 0 Å². The number of hydrogen-bond donors (Lipinski definition) is 1. The van der Waals surface area contributed by atoms with Crippen LogP contribution in [0.5, 0.6) is 0 Å². The number of pyridine rings is 1. The van der Waals surface area contributed by atoms with Gasteiger partial charge in [-0.15, -0.1) is 0 Å². The van der Waals surface area contributed by atoms with E-state index in [1.54, 1.807) is 24.5 Å². The first kappa shape index (κ1) is 12.2. The molecule has 92 valence electrons. The fourth-order valence-corrected chi connectivity index (χ4v) is 1.60. The van der Waals surface area contributed by atoms with E-state index in [4.69, 9.17) is 0 Å². The molecule has 1 heterocycles. The Hall–Kier alpha value is -2.23. The molecule has 0 unspecified atom stereocenters. The monoisotopic (exact) mass is 244 g/mol. The number of halogens is 1. The van der Waals surface area contributed by atoms with E-state index in [-0.39, 0.29) is 18.1 Å². The van der Waals surface area contributed by atoms with Crippen molar-refractivity contribution in [2.24, 2.45) is 0 Å². The molecule has 0 aliphatic carbocycles. The zero-order chi connectivity index (χ0) is 12.8. The fourth-order valence-electron chi connectivity index (χ4n) is 1.60. The van der Waals surface area contributed by atoms with Crippen LogP contribution in [0.2, 0.25) is 0 Å². The molecule has 3 nitrogen and oxygen atoms in total. The van der Waals surface area contributed by atoms with Crippen molar-refractivity contribution in [2.45, 2.75) is 13.0 Å². The van der Waals surface area contributed by atoms with Crippen LogP contribution in [0, 0.1) is 5.82 Å². The topological polar surface area (TPSA) is 42.0 Å². The minimum atomic E-state index is -0.325. The van der Waals surface area contributed by atoms with E-state index in [9.17, 15) is 9.18 Å². The molecule has 0 fully saturated rings. The zero-order valence-corrected chi connectivity index (χ0v) is 9.77. The second-order valence-electron chi connectivity index (χ2n) is 3.94. The summed E-state index contributed by atoms with van der Waals surface area (Å²) in [6, 6.07) is 9.73. The molecule has 0 aliphatic heterocycles. The molecule has 1 aromatic carbocycles. The largest absolute Gasteiger partial charge is 0.352 e. The zero-order valence-electron chi connectivity index (χ0n) is 9.77. The molecule has 0 bridgehead atoms. The Kier molecular flexibility index (Phi) is 4.02. The van der Waals surface area contributed by atoms with Crippen LogP contribution < -0.4 is 5.32 Å². The molecule has 1 N–H and O–H groups in total. The first-order valence-corrected chi connectivity index (χ1v) is 5.64. The smallest absolute Gasteiger partial charge is 0.224 e. The van der Waals surface area contributed by atoms with Gasteiger partial charge in [-0.05, 0) is 35.4 Å². The van der Waals surface area contributed by atoms with Gasteiger partial charge in [0.15, 0.2) is 0 Å². The van der Waals surface area contributed by atoms with E-state index in [1.165, 1.54) is 12.1 Å². The van der Waals surface area contributed by atoms with Gasteiger partial charge in [0.2, 0.25) is 5.91 Å². The van der Waals surface area contributed by atoms with E-state index >= 15 is 0 Å². The van der Waals surface area contributed by atoms with Gasteiger partial charge in [-0.2, -0.15) is 0 Å². The lowest BCUT2D eigenvalue weighted by Crippen LogP contribution is -2.24. The molecular weight excluding hydrogens is 231 g/mol. The van der Waals surface area contributed by atoms with Crippen LogP contribution in [0.3, 0.4) is 0 Å². The maximum absolute atomic E-state index is 12.9. The summed E-state index contributed by atoms with van der Waals surface area (Å²) >= 11 is 0. The average Bonchev–Trinajstić information content (AvgIpc) is 2.38. The van der Waals surface area contributed by atoms with Gasteiger partial charge >= 0.3 is 0 Å². The summed E-state index contributed by atoms with van der Waals surface area (Å²) in [6.45, 7) is 0.455. The van der Waals surface area contributed by atoms with E-state index in [0.29, 0.717) is 12.1 Å². The van der Waals surface area contributed by atoms with Crippen molar-refractivity contribution in [3.8, 4) is 0 Å².